The van der Waals surface area contributed by atoms with Gasteiger partial charge in [-0.15, -0.1) is 0 Å². The number of alkyl carbamates (subject to hydrolysis) is 1. The van der Waals surface area contributed by atoms with Gasteiger partial charge in [-0.25, -0.2) is 4.79 Å². The molecule has 0 saturated carbocycles. The molecule has 0 spiro atoms. The van der Waals surface area contributed by atoms with Crippen LogP contribution < -0.4 is 10.6 Å². The van der Waals surface area contributed by atoms with Gasteiger partial charge in [-0.3, -0.25) is 4.79 Å². The largest absolute Gasteiger partial charge is 0.469 e. The van der Waals surface area contributed by atoms with Crippen molar-refractivity contribution in [1.29, 1.82) is 0 Å². The Hall–Kier alpha value is -1.30. The molecule has 2 rings (SSSR count). The van der Waals surface area contributed by atoms with Crippen LogP contribution in [-0.4, -0.2) is 42.9 Å². The Morgan fingerprint density at radius 1 is 1.23 bits per heavy atom. The minimum absolute atomic E-state index is 0.194. The summed E-state index contributed by atoms with van der Waals surface area (Å²) in [5.41, 5.74) is -0.549. The quantitative estimate of drug-likeness (QED) is 0.776. The van der Waals surface area contributed by atoms with Crippen LogP contribution >= 0.6 is 0 Å². The van der Waals surface area contributed by atoms with Crippen molar-refractivity contribution < 1.29 is 19.1 Å². The second-order valence-electron chi connectivity index (χ2n) is 7.40. The summed E-state index contributed by atoms with van der Waals surface area (Å²) in [4.78, 5) is 23.7. The van der Waals surface area contributed by atoms with Crippen LogP contribution in [-0.2, 0) is 14.3 Å². The van der Waals surface area contributed by atoms with Crippen molar-refractivity contribution in [1.82, 2.24) is 10.6 Å². The SMILES string of the molecule is COC(=O)C[C@@H](NC(=O)OC(C)(C)C)C1CC2CCC(C1)N2. The molecule has 6 heteroatoms. The van der Waals surface area contributed by atoms with Gasteiger partial charge < -0.3 is 20.1 Å². The number of methoxy groups -OCH3 is 1. The molecular weight excluding hydrogens is 284 g/mol. The lowest BCUT2D eigenvalue weighted by atomic mass is 9.84. The van der Waals surface area contributed by atoms with Crippen molar-refractivity contribution in [3.05, 3.63) is 0 Å². The lowest BCUT2D eigenvalue weighted by molar-refractivity contribution is -0.141. The van der Waals surface area contributed by atoms with Gasteiger partial charge in [-0.2, -0.15) is 0 Å². The number of piperidine rings is 1. The van der Waals surface area contributed by atoms with E-state index in [1.807, 2.05) is 20.8 Å². The zero-order chi connectivity index (χ0) is 16.3. The third kappa shape index (κ3) is 4.87. The van der Waals surface area contributed by atoms with Gasteiger partial charge in [0.05, 0.1) is 13.5 Å². The third-order valence-electron chi connectivity index (χ3n) is 4.39. The van der Waals surface area contributed by atoms with Gasteiger partial charge in [0, 0.05) is 18.1 Å². The van der Waals surface area contributed by atoms with Crippen molar-refractivity contribution in [3.8, 4) is 0 Å². The number of carbonyl (C=O) groups excluding carboxylic acids is 2. The first-order chi connectivity index (χ1) is 10.3. The molecule has 2 N–H and O–H groups in total. The fourth-order valence-electron chi connectivity index (χ4n) is 3.49. The molecule has 6 nitrogen and oxygen atoms in total. The molecule has 2 fully saturated rings. The van der Waals surface area contributed by atoms with Gasteiger partial charge in [0.1, 0.15) is 5.60 Å². The maximum absolute atomic E-state index is 12.1. The molecule has 0 aromatic carbocycles. The Balaban J connectivity index is 1.99. The fraction of sp³-hybridized carbons (Fsp3) is 0.875. The summed E-state index contributed by atoms with van der Waals surface area (Å²) in [6.45, 7) is 5.48. The minimum Gasteiger partial charge on any atom is -0.469 e. The van der Waals surface area contributed by atoms with Gasteiger partial charge in [0.15, 0.2) is 0 Å². The highest BCUT2D eigenvalue weighted by molar-refractivity contribution is 5.72. The van der Waals surface area contributed by atoms with Crippen LogP contribution in [0.3, 0.4) is 0 Å². The number of carbonyl (C=O) groups is 2. The van der Waals surface area contributed by atoms with Gasteiger partial charge >= 0.3 is 12.1 Å². The summed E-state index contributed by atoms with van der Waals surface area (Å²) in [6.07, 6.45) is 4.05. The number of esters is 1. The molecule has 2 aliphatic heterocycles. The molecule has 3 atom stereocenters. The monoisotopic (exact) mass is 312 g/mol. The number of ether oxygens (including phenoxy) is 2. The predicted molar refractivity (Wildman–Crippen MR) is 82.5 cm³/mol. The highest BCUT2D eigenvalue weighted by atomic mass is 16.6. The molecule has 0 aromatic heterocycles. The number of fused-ring (bicyclic) bond motifs is 2. The summed E-state index contributed by atoms with van der Waals surface area (Å²) >= 11 is 0. The van der Waals surface area contributed by atoms with E-state index in [9.17, 15) is 9.59 Å². The molecule has 0 aromatic rings. The van der Waals surface area contributed by atoms with Crippen LogP contribution in [0.15, 0.2) is 0 Å². The zero-order valence-electron chi connectivity index (χ0n) is 14.0. The number of hydrogen-bond acceptors (Lipinski definition) is 5. The molecule has 2 heterocycles. The Kier molecular flexibility index (Phi) is 5.32. The average Bonchev–Trinajstić information content (AvgIpc) is 2.74. The van der Waals surface area contributed by atoms with Crippen LogP contribution in [0.4, 0.5) is 4.79 Å². The van der Waals surface area contributed by atoms with E-state index >= 15 is 0 Å². The van der Waals surface area contributed by atoms with Crippen molar-refractivity contribution in [3.63, 3.8) is 0 Å². The van der Waals surface area contributed by atoms with Crippen molar-refractivity contribution in [2.75, 3.05) is 7.11 Å². The summed E-state index contributed by atoms with van der Waals surface area (Å²) in [5.74, 6) is -0.0164. The zero-order valence-corrected chi connectivity index (χ0v) is 14.0. The van der Waals surface area contributed by atoms with Crippen LogP contribution in [0.5, 0.6) is 0 Å². The highest BCUT2D eigenvalue weighted by Gasteiger charge is 2.38. The molecule has 22 heavy (non-hydrogen) atoms. The smallest absolute Gasteiger partial charge is 0.407 e. The summed E-state index contributed by atoms with van der Waals surface area (Å²) in [5, 5.41) is 6.46. The van der Waals surface area contributed by atoms with Gasteiger partial charge in [-0.1, -0.05) is 0 Å². The number of amides is 1. The molecular formula is C16H28N2O4. The average molecular weight is 312 g/mol. The third-order valence-corrected chi connectivity index (χ3v) is 4.39. The van der Waals surface area contributed by atoms with Crippen molar-refractivity contribution >= 4 is 12.1 Å². The van der Waals surface area contributed by atoms with E-state index < -0.39 is 11.7 Å². The second kappa shape index (κ2) is 6.86. The number of hydrogen-bond donors (Lipinski definition) is 2. The van der Waals surface area contributed by atoms with E-state index in [4.69, 9.17) is 9.47 Å². The Morgan fingerprint density at radius 3 is 2.32 bits per heavy atom. The first kappa shape index (κ1) is 17.1. The van der Waals surface area contributed by atoms with Crippen LogP contribution in [0, 0.1) is 5.92 Å². The molecule has 2 unspecified atom stereocenters. The van der Waals surface area contributed by atoms with Gasteiger partial charge in [0.25, 0.3) is 0 Å². The van der Waals surface area contributed by atoms with E-state index in [1.54, 1.807) is 0 Å². The van der Waals surface area contributed by atoms with Crippen molar-refractivity contribution in [2.45, 2.75) is 76.6 Å². The van der Waals surface area contributed by atoms with E-state index in [0.29, 0.717) is 12.1 Å². The Labute approximate surface area is 132 Å². The molecule has 2 bridgehead atoms. The molecule has 2 aliphatic rings. The summed E-state index contributed by atoms with van der Waals surface area (Å²) < 4.78 is 10.1. The minimum atomic E-state index is -0.549. The van der Waals surface area contributed by atoms with E-state index in [1.165, 1.54) is 20.0 Å². The maximum Gasteiger partial charge on any atom is 0.407 e. The topological polar surface area (TPSA) is 76.7 Å². The normalized spacial score (nSPS) is 28.8. The summed E-state index contributed by atoms with van der Waals surface area (Å²) in [6, 6.07) is 0.779. The molecule has 126 valence electrons. The first-order valence-electron chi connectivity index (χ1n) is 8.09. The Bertz CT molecular complexity index is 407. The Morgan fingerprint density at radius 2 is 1.82 bits per heavy atom. The molecule has 2 saturated heterocycles. The highest BCUT2D eigenvalue weighted by Crippen LogP contribution is 2.33. The number of rotatable bonds is 4. The van der Waals surface area contributed by atoms with E-state index in [0.717, 1.165) is 12.8 Å². The molecule has 1 amide bonds. The van der Waals surface area contributed by atoms with Crippen molar-refractivity contribution in [2.24, 2.45) is 5.92 Å². The van der Waals surface area contributed by atoms with E-state index in [2.05, 4.69) is 10.6 Å². The number of nitrogens with one attached hydrogen (secondary N) is 2. The lowest BCUT2D eigenvalue weighted by Gasteiger charge is -2.35. The lowest BCUT2D eigenvalue weighted by Crippen LogP contribution is -2.49. The molecule has 0 radical (unpaired) electrons. The first-order valence-corrected chi connectivity index (χ1v) is 8.09. The standard InChI is InChI=1S/C16H28N2O4/c1-16(2,3)22-15(20)18-13(9-14(19)21-4)10-7-11-5-6-12(8-10)17-11/h10-13,17H,5-9H2,1-4H3,(H,18,20)/t10?,11?,12?,13-/m1/s1. The van der Waals surface area contributed by atoms with Crippen LogP contribution in [0.1, 0.15) is 52.9 Å². The van der Waals surface area contributed by atoms with Crippen LogP contribution in [0.25, 0.3) is 0 Å². The van der Waals surface area contributed by atoms with E-state index in [-0.39, 0.29) is 24.3 Å². The molecule has 0 aliphatic carbocycles. The summed E-state index contributed by atoms with van der Waals surface area (Å²) in [7, 11) is 1.37. The fourth-order valence-corrected chi connectivity index (χ4v) is 3.49. The van der Waals surface area contributed by atoms with Crippen LogP contribution in [0.2, 0.25) is 0 Å². The second-order valence-corrected chi connectivity index (χ2v) is 7.40. The maximum atomic E-state index is 12.1. The van der Waals surface area contributed by atoms with Gasteiger partial charge in [0.2, 0.25) is 0 Å². The van der Waals surface area contributed by atoms with Gasteiger partial charge in [-0.05, 0) is 52.4 Å². The predicted octanol–water partition coefficient (Wildman–Crippen LogP) is 1.97.